The van der Waals surface area contributed by atoms with Crippen molar-refractivity contribution in [3.05, 3.63) is 28.3 Å². The topological polar surface area (TPSA) is 127 Å². The number of methoxy groups -OCH3 is 1. The minimum Gasteiger partial charge on any atom is -0.490 e. The van der Waals surface area contributed by atoms with E-state index in [-0.39, 0.29) is 30.1 Å². The highest BCUT2D eigenvalue weighted by atomic mass is 16.6. The number of ether oxygens (including phenoxy) is 1. The number of carbonyl (C=O) groups is 3. The van der Waals surface area contributed by atoms with E-state index < -0.39 is 28.0 Å². The molecule has 9 nitrogen and oxygen atoms in total. The standard InChI is InChI=1S/C15H16N2O7/c1-9(18)15(13(19)14(20)21)6-3-7-16(15)10-4-5-12(24-2)11(8-10)17(22)23/h4-5,8H,3,6-7H2,1-2H3,(H,20,21). The fourth-order valence-electron chi connectivity index (χ4n) is 3.10. The maximum Gasteiger partial charge on any atom is 0.375 e. The first-order valence-electron chi connectivity index (χ1n) is 7.14. The number of nitro benzene ring substituents is 1. The Morgan fingerprint density at radius 2 is 2.04 bits per heavy atom. The van der Waals surface area contributed by atoms with Crippen LogP contribution in [0.2, 0.25) is 0 Å². The second-order valence-electron chi connectivity index (χ2n) is 5.42. The first-order valence-corrected chi connectivity index (χ1v) is 7.14. The molecule has 1 aliphatic rings. The lowest BCUT2D eigenvalue weighted by atomic mass is 9.86. The van der Waals surface area contributed by atoms with Crippen LogP contribution in [0.5, 0.6) is 5.75 Å². The molecular weight excluding hydrogens is 320 g/mol. The summed E-state index contributed by atoms with van der Waals surface area (Å²) in [5.74, 6) is -3.52. The first kappa shape index (κ1) is 17.4. The normalized spacial score (nSPS) is 19.8. The number of hydrogen-bond donors (Lipinski definition) is 1. The average molecular weight is 336 g/mol. The zero-order valence-electron chi connectivity index (χ0n) is 13.1. The van der Waals surface area contributed by atoms with Gasteiger partial charge in [0.1, 0.15) is 0 Å². The molecule has 1 saturated heterocycles. The van der Waals surface area contributed by atoms with Gasteiger partial charge in [-0.3, -0.25) is 19.7 Å². The van der Waals surface area contributed by atoms with Crippen LogP contribution < -0.4 is 9.64 Å². The molecular formula is C15H16N2O7. The second-order valence-corrected chi connectivity index (χ2v) is 5.42. The molecule has 1 aliphatic heterocycles. The van der Waals surface area contributed by atoms with E-state index >= 15 is 0 Å². The van der Waals surface area contributed by atoms with Crippen LogP contribution in [0.25, 0.3) is 0 Å². The lowest BCUT2D eigenvalue weighted by molar-refractivity contribution is -0.385. The molecule has 1 aromatic rings. The van der Waals surface area contributed by atoms with Crippen molar-refractivity contribution in [2.75, 3.05) is 18.6 Å². The zero-order chi connectivity index (χ0) is 18.1. The van der Waals surface area contributed by atoms with Crippen molar-refractivity contribution in [2.24, 2.45) is 0 Å². The Labute approximate surface area is 137 Å². The predicted molar refractivity (Wildman–Crippen MR) is 82.3 cm³/mol. The quantitative estimate of drug-likeness (QED) is 0.355. The zero-order valence-corrected chi connectivity index (χ0v) is 13.1. The van der Waals surface area contributed by atoms with E-state index in [0.717, 1.165) is 6.92 Å². The highest BCUT2D eigenvalue weighted by molar-refractivity contribution is 6.43. The van der Waals surface area contributed by atoms with Gasteiger partial charge in [-0.2, -0.15) is 0 Å². The summed E-state index contributed by atoms with van der Waals surface area (Å²) in [7, 11) is 1.28. The lowest BCUT2D eigenvalue weighted by Crippen LogP contribution is -2.58. The first-order chi connectivity index (χ1) is 11.3. The number of benzene rings is 1. The number of carboxylic acids is 1. The highest BCUT2D eigenvalue weighted by Gasteiger charge is 2.54. The van der Waals surface area contributed by atoms with Crippen molar-refractivity contribution >= 4 is 28.9 Å². The van der Waals surface area contributed by atoms with Gasteiger partial charge in [-0.05, 0) is 31.9 Å². The van der Waals surface area contributed by atoms with Crippen LogP contribution in [-0.4, -0.2) is 46.8 Å². The van der Waals surface area contributed by atoms with E-state index in [2.05, 4.69) is 0 Å². The van der Waals surface area contributed by atoms with E-state index in [1.54, 1.807) is 0 Å². The van der Waals surface area contributed by atoms with Gasteiger partial charge in [0, 0.05) is 18.3 Å². The summed E-state index contributed by atoms with van der Waals surface area (Å²) in [6.45, 7) is 1.39. The molecule has 9 heteroatoms. The number of carboxylic acid groups (broad SMARTS) is 1. The van der Waals surface area contributed by atoms with E-state index in [1.807, 2.05) is 0 Å². The molecule has 1 fully saturated rings. The average Bonchev–Trinajstić information content (AvgIpc) is 2.99. The molecule has 0 amide bonds. The number of hydrogen-bond acceptors (Lipinski definition) is 7. The van der Waals surface area contributed by atoms with E-state index in [4.69, 9.17) is 9.84 Å². The van der Waals surface area contributed by atoms with E-state index in [9.17, 15) is 24.5 Å². The van der Waals surface area contributed by atoms with Gasteiger partial charge in [0.2, 0.25) is 0 Å². The summed E-state index contributed by atoms with van der Waals surface area (Å²) in [6.07, 6.45) is 0.464. The molecule has 0 saturated carbocycles. The number of aliphatic carboxylic acids is 1. The Bertz CT molecular complexity index is 731. The predicted octanol–water partition coefficient (Wildman–Crippen LogP) is 1.19. The fraction of sp³-hybridized carbons (Fsp3) is 0.400. The Morgan fingerprint density at radius 1 is 1.38 bits per heavy atom. The molecule has 1 N–H and O–H groups in total. The maximum atomic E-state index is 12.2. The van der Waals surface area contributed by atoms with Crippen LogP contribution in [0.3, 0.4) is 0 Å². The molecule has 0 aromatic heterocycles. The van der Waals surface area contributed by atoms with Gasteiger partial charge in [0.05, 0.1) is 12.0 Å². The van der Waals surface area contributed by atoms with Crippen LogP contribution in [0.4, 0.5) is 11.4 Å². The van der Waals surface area contributed by atoms with Crippen molar-refractivity contribution in [3.8, 4) is 5.75 Å². The third kappa shape index (κ3) is 2.57. The van der Waals surface area contributed by atoms with Crippen molar-refractivity contribution in [1.82, 2.24) is 0 Å². The maximum absolute atomic E-state index is 12.2. The third-order valence-corrected chi connectivity index (χ3v) is 4.20. The number of rotatable bonds is 6. The fourth-order valence-corrected chi connectivity index (χ4v) is 3.10. The molecule has 0 aliphatic carbocycles. The monoisotopic (exact) mass is 336 g/mol. The van der Waals surface area contributed by atoms with Crippen LogP contribution in [0, 0.1) is 10.1 Å². The number of anilines is 1. The minimum absolute atomic E-state index is 0.0286. The summed E-state index contributed by atoms with van der Waals surface area (Å²) in [5.41, 5.74) is -1.94. The number of nitro groups is 1. The Balaban J connectivity index is 2.59. The molecule has 24 heavy (non-hydrogen) atoms. The number of ketones is 2. The highest BCUT2D eigenvalue weighted by Crippen LogP contribution is 2.39. The SMILES string of the molecule is COc1ccc(N2CCCC2(C(C)=O)C(=O)C(=O)O)cc1[N+](=O)[O-]. The third-order valence-electron chi connectivity index (χ3n) is 4.20. The number of carbonyl (C=O) groups excluding carboxylic acids is 2. The molecule has 1 heterocycles. The van der Waals surface area contributed by atoms with Gasteiger partial charge in [0.15, 0.2) is 17.1 Å². The van der Waals surface area contributed by atoms with Crippen LogP contribution in [0.15, 0.2) is 18.2 Å². The summed E-state index contributed by atoms with van der Waals surface area (Å²) in [5, 5.41) is 20.3. The van der Waals surface area contributed by atoms with Gasteiger partial charge >= 0.3 is 11.7 Å². The second kappa shape index (κ2) is 6.26. The van der Waals surface area contributed by atoms with Crippen molar-refractivity contribution in [2.45, 2.75) is 25.3 Å². The van der Waals surface area contributed by atoms with Crippen molar-refractivity contribution in [3.63, 3.8) is 0 Å². The Morgan fingerprint density at radius 3 is 2.54 bits per heavy atom. The van der Waals surface area contributed by atoms with Crippen LogP contribution >= 0.6 is 0 Å². The molecule has 128 valence electrons. The van der Waals surface area contributed by atoms with Gasteiger partial charge in [-0.1, -0.05) is 0 Å². The molecule has 1 aromatic carbocycles. The lowest BCUT2D eigenvalue weighted by Gasteiger charge is -2.35. The van der Waals surface area contributed by atoms with Crippen LogP contribution in [0.1, 0.15) is 19.8 Å². The smallest absolute Gasteiger partial charge is 0.375 e. The van der Waals surface area contributed by atoms with E-state index in [1.165, 1.54) is 30.2 Å². The summed E-state index contributed by atoms with van der Waals surface area (Å²) in [4.78, 5) is 47.4. The molecule has 0 radical (unpaired) electrons. The Hall–Kier alpha value is -2.97. The van der Waals surface area contributed by atoms with Crippen LogP contribution in [-0.2, 0) is 14.4 Å². The van der Waals surface area contributed by atoms with Gasteiger partial charge in [0.25, 0.3) is 5.78 Å². The summed E-state index contributed by atoms with van der Waals surface area (Å²) in [6, 6.07) is 3.99. The van der Waals surface area contributed by atoms with Gasteiger partial charge in [-0.15, -0.1) is 0 Å². The number of Topliss-reactive ketones (excluding diaryl/α,β-unsaturated/α-hetero) is 2. The van der Waals surface area contributed by atoms with E-state index in [0.29, 0.717) is 6.42 Å². The van der Waals surface area contributed by atoms with Gasteiger partial charge < -0.3 is 14.7 Å². The van der Waals surface area contributed by atoms with Crippen molar-refractivity contribution < 1.29 is 29.2 Å². The minimum atomic E-state index is -1.84. The van der Waals surface area contributed by atoms with Crippen molar-refractivity contribution in [1.29, 1.82) is 0 Å². The Kier molecular flexibility index (Phi) is 4.54. The molecule has 1 unspecified atom stereocenters. The molecule has 1 atom stereocenters. The molecule has 0 bridgehead atoms. The summed E-state index contributed by atoms with van der Waals surface area (Å²) >= 11 is 0. The largest absolute Gasteiger partial charge is 0.490 e. The number of nitrogens with zero attached hydrogens (tertiary/aromatic N) is 2. The molecule has 0 spiro atoms. The summed E-state index contributed by atoms with van der Waals surface area (Å²) < 4.78 is 4.92. The van der Waals surface area contributed by atoms with Gasteiger partial charge in [-0.25, -0.2) is 4.79 Å². The molecule has 2 rings (SSSR count).